The van der Waals surface area contributed by atoms with Gasteiger partial charge in [0.25, 0.3) is 0 Å². The van der Waals surface area contributed by atoms with Crippen LogP contribution >= 0.6 is 11.6 Å². The molecule has 1 aromatic rings. The van der Waals surface area contributed by atoms with E-state index in [9.17, 15) is 0 Å². The lowest BCUT2D eigenvalue weighted by Crippen LogP contribution is -2.41. The summed E-state index contributed by atoms with van der Waals surface area (Å²) in [5.41, 5.74) is 1.30. The largest absolute Gasteiger partial charge is 0.317 e. The highest BCUT2D eigenvalue weighted by molar-refractivity contribution is 6.30. The number of hydrogen-bond acceptors (Lipinski definition) is 2. The minimum absolute atomic E-state index is 0.690. The number of benzene rings is 1. The van der Waals surface area contributed by atoms with Crippen molar-refractivity contribution in [3.63, 3.8) is 0 Å². The molecule has 1 aliphatic rings. The molecule has 0 aliphatic heterocycles. The maximum absolute atomic E-state index is 6.04. The first-order valence-electron chi connectivity index (χ1n) is 7.29. The first-order chi connectivity index (χ1) is 9.19. The number of halogens is 1. The fourth-order valence-corrected chi connectivity index (χ4v) is 3.43. The van der Waals surface area contributed by atoms with E-state index >= 15 is 0 Å². The highest BCUT2D eigenvalue weighted by Crippen LogP contribution is 2.25. The molecule has 0 amide bonds. The van der Waals surface area contributed by atoms with Gasteiger partial charge in [-0.1, -0.05) is 36.6 Å². The van der Waals surface area contributed by atoms with Crippen LogP contribution in [0.2, 0.25) is 5.02 Å². The van der Waals surface area contributed by atoms with Gasteiger partial charge in [-0.15, -0.1) is 0 Å². The monoisotopic (exact) mass is 280 g/mol. The molecule has 0 spiro atoms. The first-order valence-corrected chi connectivity index (χ1v) is 7.67. The first kappa shape index (κ1) is 14.8. The Morgan fingerprint density at radius 2 is 2.11 bits per heavy atom. The van der Waals surface area contributed by atoms with Crippen LogP contribution in [-0.4, -0.2) is 31.6 Å². The van der Waals surface area contributed by atoms with Gasteiger partial charge in [0.15, 0.2) is 0 Å². The lowest BCUT2D eigenvalue weighted by atomic mass is 9.84. The van der Waals surface area contributed by atoms with E-state index in [-0.39, 0.29) is 0 Å². The lowest BCUT2D eigenvalue weighted by molar-refractivity contribution is 0.190. The fraction of sp³-hybridized carbons (Fsp3) is 0.625. The van der Waals surface area contributed by atoms with Crippen molar-refractivity contribution in [2.24, 2.45) is 5.92 Å². The molecule has 19 heavy (non-hydrogen) atoms. The van der Waals surface area contributed by atoms with Crippen LogP contribution in [-0.2, 0) is 6.54 Å². The second-order valence-electron chi connectivity index (χ2n) is 5.77. The van der Waals surface area contributed by atoms with E-state index in [1.165, 1.54) is 31.2 Å². The van der Waals surface area contributed by atoms with E-state index in [0.29, 0.717) is 6.04 Å². The van der Waals surface area contributed by atoms with E-state index in [0.717, 1.165) is 24.0 Å². The summed E-state index contributed by atoms with van der Waals surface area (Å²) in [4.78, 5) is 2.42. The van der Waals surface area contributed by atoms with Gasteiger partial charge in [0.05, 0.1) is 0 Å². The van der Waals surface area contributed by atoms with E-state index < -0.39 is 0 Å². The van der Waals surface area contributed by atoms with Gasteiger partial charge in [0.2, 0.25) is 0 Å². The summed E-state index contributed by atoms with van der Waals surface area (Å²) in [7, 11) is 4.31. The normalized spacial score (nSPS) is 23.8. The predicted molar refractivity (Wildman–Crippen MR) is 82.6 cm³/mol. The van der Waals surface area contributed by atoms with Crippen molar-refractivity contribution in [2.75, 3.05) is 20.6 Å². The molecule has 1 N–H and O–H groups in total. The van der Waals surface area contributed by atoms with Crippen LogP contribution in [0, 0.1) is 5.92 Å². The summed E-state index contributed by atoms with van der Waals surface area (Å²) >= 11 is 6.04. The third-order valence-electron chi connectivity index (χ3n) is 4.17. The maximum atomic E-state index is 6.04. The third kappa shape index (κ3) is 4.48. The zero-order valence-corrected chi connectivity index (χ0v) is 12.8. The molecule has 3 heteroatoms. The van der Waals surface area contributed by atoms with Crippen molar-refractivity contribution in [2.45, 2.75) is 38.3 Å². The van der Waals surface area contributed by atoms with Gasteiger partial charge >= 0.3 is 0 Å². The zero-order chi connectivity index (χ0) is 13.7. The number of rotatable bonds is 5. The standard InChI is InChI=1S/C16H25ClN2/c1-18-16-9-4-3-7-14(16)12-19(2)11-13-6-5-8-15(17)10-13/h5-6,8,10,14,16,18H,3-4,7,9,11-12H2,1-2H3. The summed E-state index contributed by atoms with van der Waals surface area (Å²) in [5, 5.41) is 4.31. The molecule has 2 rings (SSSR count). The Hall–Kier alpha value is -0.570. The summed E-state index contributed by atoms with van der Waals surface area (Å²) in [6.07, 6.45) is 5.44. The minimum Gasteiger partial charge on any atom is -0.317 e. The van der Waals surface area contributed by atoms with Crippen molar-refractivity contribution in [1.29, 1.82) is 0 Å². The van der Waals surface area contributed by atoms with Gasteiger partial charge < -0.3 is 10.2 Å². The van der Waals surface area contributed by atoms with Crippen LogP contribution in [0.4, 0.5) is 0 Å². The highest BCUT2D eigenvalue weighted by Gasteiger charge is 2.24. The predicted octanol–water partition coefficient (Wildman–Crippen LogP) is 3.55. The topological polar surface area (TPSA) is 15.3 Å². The molecule has 106 valence electrons. The molecule has 0 aromatic heterocycles. The van der Waals surface area contributed by atoms with Crippen molar-refractivity contribution < 1.29 is 0 Å². The molecule has 0 bridgehead atoms. The van der Waals surface area contributed by atoms with Gasteiger partial charge in [-0.05, 0) is 50.6 Å². The summed E-state index contributed by atoms with van der Waals surface area (Å²) in [6.45, 7) is 2.14. The SMILES string of the molecule is CNC1CCCCC1CN(C)Cc1cccc(Cl)c1. The Bertz CT molecular complexity index is 394. The Morgan fingerprint density at radius 1 is 1.32 bits per heavy atom. The average Bonchev–Trinajstić information content (AvgIpc) is 2.39. The Labute approximate surface area is 122 Å². The third-order valence-corrected chi connectivity index (χ3v) is 4.40. The minimum atomic E-state index is 0.690. The van der Waals surface area contributed by atoms with Crippen LogP contribution in [0.15, 0.2) is 24.3 Å². The van der Waals surface area contributed by atoms with Crippen LogP contribution < -0.4 is 5.32 Å². The Balaban J connectivity index is 1.87. The highest BCUT2D eigenvalue weighted by atomic mass is 35.5. The molecule has 1 aromatic carbocycles. The quantitative estimate of drug-likeness (QED) is 0.887. The molecule has 1 aliphatic carbocycles. The molecular formula is C16H25ClN2. The summed E-state index contributed by atoms with van der Waals surface area (Å²) in [5.74, 6) is 0.780. The van der Waals surface area contributed by atoms with E-state index in [4.69, 9.17) is 11.6 Å². The van der Waals surface area contributed by atoms with E-state index in [2.05, 4.69) is 36.4 Å². The smallest absolute Gasteiger partial charge is 0.0409 e. The zero-order valence-electron chi connectivity index (χ0n) is 12.0. The van der Waals surface area contributed by atoms with Crippen molar-refractivity contribution in [3.8, 4) is 0 Å². The van der Waals surface area contributed by atoms with Gasteiger partial charge in [-0.3, -0.25) is 0 Å². The van der Waals surface area contributed by atoms with Crippen molar-refractivity contribution in [1.82, 2.24) is 10.2 Å². The Kier molecular flexibility index (Phi) is 5.68. The molecule has 1 saturated carbocycles. The van der Waals surface area contributed by atoms with Gasteiger partial charge in [0, 0.05) is 24.2 Å². The second-order valence-corrected chi connectivity index (χ2v) is 6.20. The molecule has 2 unspecified atom stereocenters. The maximum Gasteiger partial charge on any atom is 0.0409 e. The summed E-state index contributed by atoms with van der Waals surface area (Å²) < 4.78 is 0. The van der Waals surface area contributed by atoms with Crippen LogP contribution in [0.25, 0.3) is 0 Å². The summed E-state index contributed by atoms with van der Waals surface area (Å²) in [6, 6.07) is 8.87. The number of hydrogen-bond donors (Lipinski definition) is 1. The van der Waals surface area contributed by atoms with Crippen LogP contribution in [0.5, 0.6) is 0 Å². The molecule has 2 nitrogen and oxygen atoms in total. The van der Waals surface area contributed by atoms with Crippen LogP contribution in [0.1, 0.15) is 31.2 Å². The number of nitrogens with zero attached hydrogens (tertiary/aromatic N) is 1. The van der Waals surface area contributed by atoms with E-state index in [1.807, 2.05) is 12.1 Å². The molecule has 0 heterocycles. The molecule has 0 radical (unpaired) electrons. The lowest BCUT2D eigenvalue weighted by Gasteiger charge is -2.34. The molecule has 0 saturated heterocycles. The van der Waals surface area contributed by atoms with Gasteiger partial charge in [-0.25, -0.2) is 0 Å². The van der Waals surface area contributed by atoms with Crippen LogP contribution in [0.3, 0.4) is 0 Å². The van der Waals surface area contributed by atoms with Gasteiger partial charge in [-0.2, -0.15) is 0 Å². The Morgan fingerprint density at radius 3 is 2.84 bits per heavy atom. The second kappa shape index (κ2) is 7.28. The molecular weight excluding hydrogens is 256 g/mol. The fourth-order valence-electron chi connectivity index (χ4n) is 3.22. The van der Waals surface area contributed by atoms with Crippen molar-refractivity contribution in [3.05, 3.63) is 34.9 Å². The molecule has 2 atom stereocenters. The van der Waals surface area contributed by atoms with E-state index in [1.54, 1.807) is 0 Å². The van der Waals surface area contributed by atoms with Gasteiger partial charge in [0.1, 0.15) is 0 Å². The molecule has 1 fully saturated rings. The average molecular weight is 281 g/mol. The van der Waals surface area contributed by atoms with Crippen molar-refractivity contribution >= 4 is 11.6 Å². The number of nitrogens with one attached hydrogen (secondary N) is 1.